The quantitative estimate of drug-likeness (QED) is 0.532. The molecular formula is C25H25NO5. The Morgan fingerprint density at radius 3 is 2.61 bits per heavy atom. The van der Waals surface area contributed by atoms with E-state index in [9.17, 15) is 9.59 Å². The van der Waals surface area contributed by atoms with Crippen molar-refractivity contribution in [1.82, 2.24) is 4.98 Å². The maximum atomic E-state index is 11.9. The molecule has 0 spiro atoms. The van der Waals surface area contributed by atoms with Crippen molar-refractivity contribution in [1.29, 1.82) is 0 Å². The first kappa shape index (κ1) is 20.8. The molecule has 2 unspecified atom stereocenters. The molecular weight excluding hydrogens is 394 g/mol. The summed E-state index contributed by atoms with van der Waals surface area (Å²) < 4.78 is 10.7. The summed E-state index contributed by atoms with van der Waals surface area (Å²) in [6.07, 6.45) is 3.26. The number of carbonyl (C=O) groups excluding carboxylic acids is 1. The first-order chi connectivity index (χ1) is 15.1. The Kier molecular flexibility index (Phi) is 6.46. The zero-order valence-corrected chi connectivity index (χ0v) is 17.2. The number of rotatable bonds is 8. The number of para-hydroxylation sites is 1. The largest absolute Gasteiger partial charge is 0.487 e. The number of hydrogen-bond acceptors (Lipinski definition) is 5. The van der Waals surface area contributed by atoms with Gasteiger partial charge in [-0.25, -0.2) is 9.78 Å². The van der Waals surface area contributed by atoms with Crippen LogP contribution in [0.1, 0.15) is 42.9 Å². The summed E-state index contributed by atoms with van der Waals surface area (Å²) >= 11 is 0. The van der Waals surface area contributed by atoms with E-state index in [0.29, 0.717) is 6.61 Å². The normalized spacial score (nSPS) is 18.1. The number of carbonyl (C=O) groups is 2. The second-order valence-corrected chi connectivity index (χ2v) is 7.91. The Balaban J connectivity index is 1.34. The number of carboxylic acids is 1. The van der Waals surface area contributed by atoms with Gasteiger partial charge in [-0.1, -0.05) is 42.8 Å². The van der Waals surface area contributed by atoms with Crippen molar-refractivity contribution < 1.29 is 24.2 Å². The van der Waals surface area contributed by atoms with Gasteiger partial charge in [0.1, 0.15) is 12.4 Å². The zero-order valence-electron chi connectivity index (χ0n) is 17.2. The van der Waals surface area contributed by atoms with Crippen LogP contribution in [-0.2, 0) is 20.9 Å². The maximum absolute atomic E-state index is 11.9. The molecule has 1 aliphatic carbocycles. The number of ether oxygens (including phenoxy) is 2. The van der Waals surface area contributed by atoms with Crippen LogP contribution in [0.3, 0.4) is 0 Å². The number of nitrogens with zero attached hydrogens (tertiary/aromatic N) is 1. The fourth-order valence-corrected chi connectivity index (χ4v) is 4.29. The van der Waals surface area contributed by atoms with E-state index in [1.807, 2.05) is 48.5 Å². The van der Waals surface area contributed by atoms with Crippen molar-refractivity contribution in [2.24, 2.45) is 5.92 Å². The summed E-state index contributed by atoms with van der Waals surface area (Å²) in [7, 11) is 0. The third-order valence-corrected chi connectivity index (χ3v) is 5.80. The van der Waals surface area contributed by atoms with Gasteiger partial charge in [0.05, 0.1) is 11.2 Å². The molecule has 0 amide bonds. The van der Waals surface area contributed by atoms with Crippen molar-refractivity contribution in [3.63, 3.8) is 0 Å². The first-order valence-corrected chi connectivity index (χ1v) is 10.5. The van der Waals surface area contributed by atoms with Crippen LogP contribution in [0.2, 0.25) is 0 Å². The molecule has 160 valence electrons. The second kappa shape index (κ2) is 9.60. The Morgan fingerprint density at radius 2 is 1.81 bits per heavy atom. The standard InChI is InChI=1S/C25H25NO5/c27-24(28)16-31-25(29)14-19-5-3-6-22(19)17-9-12-21(13-10-17)30-15-20-11-8-18-4-1-2-7-23(18)26-20/h1-2,4,7-13,19,22H,3,5-6,14-16H2,(H,27,28). The van der Waals surface area contributed by atoms with Crippen molar-refractivity contribution >= 4 is 22.8 Å². The Morgan fingerprint density at radius 1 is 1.00 bits per heavy atom. The van der Waals surface area contributed by atoms with Crippen LogP contribution in [0.15, 0.2) is 60.7 Å². The molecule has 1 saturated carbocycles. The molecule has 0 bridgehead atoms. The molecule has 0 aliphatic heterocycles. The zero-order chi connectivity index (χ0) is 21.6. The van der Waals surface area contributed by atoms with Gasteiger partial charge in [0.2, 0.25) is 0 Å². The fourth-order valence-electron chi connectivity index (χ4n) is 4.29. The van der Waals surface area contributed by atoms with Crippen molar-refractivity contribution in [2.75, 3.05) is 6.61 Å². The Bertz CT molecular complexity index is 1060. The molecule has 2 aromatic carbocycles. The van der Waals surface area contributed by atoms with Gasteiger partial charge < -0.3 is 14.6 Å². The van der Waals surface area contributed by atoms with E-state index in [-0.39, 0.29) is 18.3 Å². The first-order valence-electron chi connectivity index (χ1n) is 10.5. The average Bonchev–Trinajstić information content (AvgIpc) is 3.24. The molecule has 0 radical (unpaired) electrons. The van der Waals surface area contributed by atoms with E-state index in [2.05, 4.69) is 17.1 Å². The van der Waals surface area contributed by atoms with Crippen LogP contribution in [0.25, 0.3) is 10.9 Å². The molecule has 1 fully saturated rings. The van der Waals surface area contributed by atoms with Gasteiger partial charge >= 0.3 is 11.9 Å². The molecule has 6 heteroatoms. The summed E-state index contributed by atoms with van der Waals surface area (Å²) in [5, 5.41) is 9.75. The highest BCUT2D eigenvalue weighted by Gasteiger charge is 2.30. The predicted octanol–water partition coefficient (Wildman–Crippen LogP) is 4.72. The lowest BCUT2D eigenvalue weighted by Gasteiger charge is -2.19. The van der Waals surface area contributed by atoms with Crippen LogP contribution in [0.5, 0.6) is 5.75 Å². The Hall–Kier alpha value is -3.41. The number of carboxylic acid groups (broad SMARTS) is 1. The van der Waals surface area contributed by atoms with Crippen molar-refractivity contribution in [3.8, 4) is 5.75 Å². The van der Waals surface area contributed by atoms with Crippen LogP contribution >= 0.6 is 0 Å². The number of pyridine rings is 1. The minimum atomic E-state index is -1.13. The minimum absolute atomic E-state index is 0.176. The van der Waals surface area contributed by atoms with Gasteiger partial charge in [0.15, 0.2) is 6.61 Å². The molecule has 1 heterocycles. The molecule has 3 aromatic rings. The van der Waals surface area contributed by atoms with E-state index in [4.69, 9.17) is 14.6 Å². The van der Waals surface area contributed by atoms with E-state index in [1.165, 1.54) is 5.56 Å². The van der Waals surface area contributed by atoms with Gasteiger partial charge in [0.25, 0.3) is 0 Å². The SMILES string of the molecule is O=C(O)COC(=O)CC1CCCC1c1ccc(OCc2ccc3ccccc3n2)cc1. The highest BCUT2D eigenvalue weighted by atomic mass is 16.5. The summed E-state index contributed by atoms with van der Waals surface area (Å²) in [5.74, 6) is -0.356. The number of benzene rings is 2. The van der Waals surface area contributed by atoms with Crippen molar-refractivity contribution in [3.05, 3.63) is 71.9 Å². The van der Waals surface area contributed by atoms with E-state index in [0.717, 1.165) is 41.6 Å². The third-order valence-electron chi connectivity index (χ3n) is 5.80. The summed E-state index contributed by atoms with van der Waals surface area (Å²) in [5.41, 5.74) is 3.00. The summed E-state index contributed by atoms with van der Waals surface area (Å²) in [6.45, 7) is -0.181. The molecule has 4 rings (SSSR count). The average molecular weight is 419 g/mol. The van der Waals surface area contributed by atoms with Crippen LogP contribution in [0, 0.1) is 5.92 Å². The molecule has 2 atom stereocenters. The second-order valence-electron chi connectivity index (χ2n) is 7.91. The topological polar surface area (TPSA) is 85.7 Å². The lowest BCUT2D eigenvalue weighted by atomic mass is 9.87. The Labute approximate surface area is 180 Å². The monoisotopic (exact) mass is 419 g/mol. The molecule has 1 aromatic heterocycles. The molecule has 6 nitrogen and oxygen atoms in total. The lowest BCUT2D eigenvalue weighted by Crippen LogP contribution is -2.17. The highest BCUT2D eigenvalue weighted by Crippen LogP contribution is 2.42. The van der Waals surface area contributed by atoms with Gasteiger partial charge in [-0.2, -0.15) is 0 Å². The summed E-state index contributed by atoms with van der Waals surface area (Å²) in [4.78, 5) is 27.1. The maximum Gasteiger partial charge on any atom is 0.341 e. The van der Waals surface area contributed by atoms with Crippen LogP contribution in [-0.4, -0.2) is 28.6 Å². The minimum Gasteiger partial charge on any atom is -0.487 e. The molecule has 0 saturated heterocycles. The number of esters is 1. The molecule has 31 heavy (non-hydrogen) atoms. The smallest absolute Gasteiger partial charge is 0.341 e. The molecule has 1 aliphatic rings. The number of fused-ring (bicyclic) bond motifs is 1. The summed E-state index contributed by atoms with van der Waals surface area (Å²) in [6, 6.07) is 20.0. The van der Waals surface area contributed by atoms with E-state index < -0.39 is 18.5 Å². The van der Waals surface area contributed by atoms with E-state index >= 15 is 0 Å². The highest BCUT2D eigenvalue weighted by molar-refractivity contribution is 5.78. The van der Waals surface area contributed by atoms with Gasteiger partial charge in [-0.05, 0) is 54.5 Å². The van der Waals surface area contributed by atoms with E-state index in [1.54, 1.807) is 0 Å². The number of aromatic nitrogens is 1. The predicted molar refractivity (Wildman–Crippen MR) is 116 cm³/mol. The van der Waals surface area contributed by atoms with Gasteiger partial charge in [-0.3, -0.25) is 4.79 Å². The number of hydrogen-bond donors (Lipinski definition) is 1. The number of aliphatic carboxylic acids is 1. The third kappa shape index (κ3) is 5.40. The van der Waals surface area contributed by atoms with Gasteiger partial charge in [0, 0.05) is 11.8 Å². The van der Waals surface area contributed by atoms with Crippen LogP contribution < -0.4 is 4.74 Å². The lowest BCUT2D eigenvalue weighted by molar-refractivity contribution is -0.155. The van der Waals surface area contributed by atoms with Crippen LogP contribution in [0.4, 0.5) is 0 Å². The molecule has 1 N–H and O–H groups in total. The van der Waals surface area contributed by atoms with Crippen molar-refractivity contribution in [2.45, 2.75) is 38.2 Å². The van der Waals surface area contributed by atoms with Gasteiger partial charge in [-0.15, -0.1) is 0 Å². The fraction of sp³-hybridized carbons (Fsp3) is 0.320.